The van der Waals surface area contributed by atoms with Crippen LogP contribution in [0, 0.1) is 0 Å². The largest absolute Gasteiger partial charge is 0.493 e. The van der Waals surface area contributed by atoms with Crippen molar-refractivity contribution in [1.29, 1.82) is 0 Å². The van der Waals surface area contributed by atoms with Crippen LogP contribution in [0.1, 0.15) is 0 Å². The van der Waals surface area contributed by atoms with Crippen LogP contribution in [-0.4, -0.2) is 38.1 Å². The molecule has 1 heterocycles. The van der Waals surface area contributed by atoms with Gasteiger partial charge in [0.15, 0.2) is 11.5 Å². The van der Waals surface area contributed by atoms with Crippen molar-refractivity contribution in [2.45, 2.75) is 0 Å². The number of methoxy groups -OCH3 is 1. The number of pyridine rings is 1. The van der Waals surface area contributed by atoms with Crippen molar-refractivity contribution in [3.8, 4) is 23.0 Å². The second-order valence-corrected chi connectivity index (χ2v) is 6.36. The lowest BCUT2D eigenvalue weighted by Gasteiger charge is -2.14. The molecule has 30 heavy (non-hydrogen) atoms. The van der Waals surface area contributed by atoms with Gasteiger partial charge < -0.3 is 24.8 Å². The van der Waals surface area contributed by atoms with E-state index >= 15 is 0 Å². The van der Waals surface area contributed by atoms with Crippen molar-refractivity contribution in [3.05, 3.63) is 47.6 Å². The lowest BCUT2D eigenvalue weighted by molar-refractivity contribution is 0.251. The maximum Gasteiger partial charge on any atom is 0.319 e. The Morgan fingerprint density at radius 1 is 1.20 bits per heavy atom. The number of carbonyl (C=O) groups excluding carboxylic acids is 1. The smallest absolute Gasteiger partial charge is 0.319 e. The normalized spacial score (nSPS) is 10.5. The Balaban J connectivity index is 1.86. The second-order valence-electron chi connectivity index (χ2n) is 5.95. The fraction of sp³-hybridized carbons (Fsp3) is 0.200. The maximum absolute atomic E-state index is 12.1. The van der Waals surface area contributed by atoms with Gasteiger partial charge in [-0.3, -0.25) is 10.7 Å². The molecule has 4 N–H and O–H groups in total. The van der Waals surface area contributed by atoms with E-state index in [-0.39, 0.29) is 18.3 Å². The molecule has 2 amide bonds. The maximum atomic E-state index is 12.1. The van der Waals surface area contributed by atoms with Gasteiger partial charge in [-0.15, -0.1) is 0 Å². The standard InChI is InChI=1S/C20H20ClFN4O4/c1-28-18-10-16-13(9-19(18)29-11-23)17(4-6-24-16)30-12-2-3-15(14(21)8-12)26-20(27)25-7-5-22/h2-4,6,8-10H,5,7,11,23H2,1H3,(H2,25,26,27). The van der Waals surface area contributed by atoms with E-state index in [9.17, 15) is 9.18 Å². The molecular weight excluding hydrogens is 415 g/mol. The number of fused-ring (bicyclic) bond motifs is 1. The molecule has 0 aliphatic carbocycles. The van der Waals surface area contributed by atoms with Crippen molar-refractivity contribution in [2.75, 3.05) is 32.4 Å². The number of halogens is 2. The van der Waals surface area contributed by atoms with Gasteiger partial charge in [0.25, 0.3) is 0 Å². The molecule has 0 bridgehead atoms. The molecule has 3 rings (SSSR count). The average molecular weight is 435 g/mol. The number of nitrogens with two attached hydrogens (primary N) is 1. The number of anilines is 1. The summed E-state index contributed by atoms with van der Waals surface area (Å²) in [6.07, 6.45) is 1.60. The molecule has 8 nitrogen and oxygen atoms in total. The topological polar surface area (TPSA) is 108 Å². The molecule has 0 aliphatic rings. The van der Waals surface area contributed by atoms with Gasteiger partial charge in [0, 0.05) is 30.3 Å². The fourth-order valence-electron chi connectivity index (χ4n) is 2.69. The Hall–Kier alpha value is -3.30. The molecule has 0 saturated heterocycles. The number of hydrogen-bond acceptors (Lipinski definition) is 6. The van der Waals surface area contributed by atoms with Crippen molar-refractivity contribution in [3.63, 3.8) is 0 Å². The highest BCUT2D eigenvalue weighted by Gasteiger charge is 2.13. The van der Waals surface area contributed by atoms with Crippen LogP contribution < -0.4 is 30.6 Å². The predicted molar refractivity (Wildman–Crippen MR) is 112 cm³/mol. The molecule has 0 spiro atoms. The van der Waals surface area contributed by atoms with Gasteiger partial charge in [-0.25, -0.2) is 9.18 Å². The molecule has 0 saturated carbocycles. The summed E-state index contributed by atoms with van der Waals surface area (Å²) in [6.45, 7) is -0.751. The number of benzene rings is 2. The molecule has 158 valence electrons. The first-order valence-electron chi connectivity index (χ1n) is 8.93. The second kappa shape index (κ2) is 9.95. The molecule has 0 aliphatic heterocycles. The number of nitrogens with zero attached hydrogens (tertiary/aromatic N) is 1. The Morgan fingerprint density at radius 2 is 2.03 bits per heavy atom. The zero-order valence-electron chi connectivity index (χ0n) is 16.1. The first-order valence-corrected chi connectivity index (χ1v) is 9.31. The van der Waals surface area contributed by atoms with Crippen molar-refractivity contribution in [1.82, 2.24) is 10.3 Å². The molecule has 0 atom stereocenters. The average Bonchev–Trinajstić information content (AvgIpc) is 2.74. The number of carbonyl (C=O) groups is 1. The number of urea groups is 1. The zero-order valence-corrected chi connectivity index (χ0v) is 16.8. The van der Waals surface area contributed by atoms with E-state index in [0.29, 0.717) is 39.6 Å². The number of alkyl halides is 1. The highest BCUT2D eigenvalue weighted by Crippen LogP contribution is 2.37. The van der Waals surface area contributed by atoms with Crippen LogP contribution in [-0.2, 0) is 0 Å². The molecular formula is C20H20ClFN4O4. The summed E-state index contributed by atoms with van der Waals surface area (Å²) >= 11 is 6.24. The van der Waals surface area contributed by atoms with Gasteiger partial charge in [-0.05, 0) is 24.3 Å². The van der Waals surface area contributed by atoms with Crippen LogP contribution in [0.3, 0.4) is 0 Å². The summed E-state index contributed by atoms with van der Waals surface area (Å²) in [4.78, 5) is 16.0. The van der Waals surface area contributed by atoms with Gasteiger partial charge >= 0.3 is 6.03 Å². The minimum Gasteiger partial charge on any atom is -0.493 e. The Labute approximate surface area is 177 Å². The third-order valence-corrected chi connectivity index (χ3v) is 4.34. The van der Waals surface area contributed by atoms with Gasteiger partial charge in [0.05, 0.1) is 23.3 Å². The van der Waals surface area contributed by atoms with Crippen LogP contribution in [0.2, 0.25) is 5.02 Å². The van der Waals surface area contributed by atoms with Gasteiger partial charge in [-0.2, -0.15) is 0 Å². The van der Waals surface area contributed by atoms with Gasteiger partial charge in [0.1, 0.15) is 24.9 Å². The predicted octanol–water partition coefficient (Wildman–Crippen LogP) is 4.08. The van der Waals surface area contributed by atoms with Crippen molar-refractivity contribution >= 4 is 34.2 Å². The SMILES string of the molecule is COc1cc2nccc(Oc3ccc(NC(=O)NCCF)c(Cl)c3)c2cc1OCN. The highest BCUT2D eigenvalue weighted by atomic mass is 35.5. The monoisotopic (exact) mass is 434 g/mol. The summed E-state index contributed by atoms with van der Waals surface area (Å²) in [6, 6.07) is 9.39. The van der Waals surface area contributed by atoms with E-state index in [1.807, 2.05) is 0 Å². The number of rotatable bonds is 8. The highest BCUT2D eigenvalue weighted by molar-refractivity contribution is 6.33. The van der Waals surface area contributed by atoms with Gasteiger partial charge in [-0.1, -0.05) is 11.6 Å². The Morgan fingerprint density at radius 3 is 2.73 bits per heavy atom. The Bertz CT molecular complexity index is 1050. The van der Waals surface area contributed by atoms with E-state index < -0.39 is 12.7 Å². The van der Waals surface area contributed by atoms with E-state index in [1.54, 1.807) is 42.6 Å². The summed E-state index contributed by atoms with van der Waals surface area (Å²) in [5.74, 6) is 1.92. The van der Waals surface area contributed by atoms with E-state index in [2.05, 4.69) is 15.6 Å². The summed E-state index contributed by atoms with van der Waals surface area (Å²) in [7, 11) is 1.53. The minimum absolute atomic E-state index is 0.0126. The van der Waals surface area contributed by atoms with Crippen molar-refractivity contribution in [2.24, 2.45) is 5.73 Å². The van der Waals surface area contributed by atoms with Crippen LogP contribution in [0.5, 0.6) is 23.0 Å². The van der Waals surface area contributed by atoms with Gasteiger partial charge in [0.2, 0.25) is 0 Å². The van der Waals surface area contributed by atoms with E-state index in [0.717, 1.165) is 0 Å². The first kappa shape index (κ1) is 21.4. The molecule has 1 aromatic heterocycles. The molecule has 3 aromatic rings. The van der Waals surface area contributed by atoms with Crippen LogP contribution in [0.25, 0.3) is 10.9 Å². The van der Waals surface area contributed by atoms with Crippen molar-refractivity contribution < 1.29 is 23.4 Å². The van der Waals surface area contributed by atoms with E-state index in [1.165, 1.54) is 7.11 Å². The van der Waals surface area contributed by atoms with E-state index in [4.69, 9.17) is 31.5 Å². The lowest BCUT2D eigenvalue weighted by atomic mass is 10.2. The summed E-state index contributed by atoms with van der Waals surface area (Å²) in [5.41, 5.74) is 6.50. The zero-order chi connectivity index (χ0) is 21.5. The quantitative estimate of drug-likeness (QED) is 0.461. The molecule has 0 unspecified atom stereocenters. The van der Waals surface area contributed by atoms with Crippen LogP contribution >= 0.6 is 11.6 Å². The molecule has 0 radical (unpaired) electrons. The molecule has 0 fully saturated rings. The Kier molecular flexibility index (Phi) is 7.10. The van der Waals surface area contributed by atoms with Crippen LogP contribution in [0.4, 0.5) is 14.9 Å². The van der Waals surface area contributed by atoms with Crippen LogP contribution in [0.15, 0.2) is 42.6 Å². The number of aromatic nitrogens is 1. The summed E-state index contributed by atoms with van der Waals surface area (Å²) < 4.78 is 28.8. The fourth-order valence-corrected chi connectivity index (χ4v) is 2.91. The number of nitrogens with one attached hydrogen (secondary N) is 2. The molecule has 10 heteroatoms. The minimum atomic E-state index is -0.655. The first-order chi connectivity index (χ1) is 14.5. The lowest BCUT2D eigenvalue weighted by Crippen LogP contribution is -2.30. The third-order valence-electron chi connectivity index (χ3n) is 4.02. The number of hydrogen-bond donors (Lipinski definition) is 3. The number of amides is 2. The summed E-state index contributed by atoms with van der Waals surface area (Å²) in [5, 5.41) is 5.84. The third kappa shape index (κ3) is 5.00. The number of ether oxygens (including phenoxy) is 3. The molecule has 2 aromatic carbocycles.